The molecule has 0 unspecified atom stereocenters. The van der Waals surface area contributed by atoms with Gasteiger partial charge < -0.3 is 14.8 Å². The molecule has 9 heteroatoms. The molecule has 0 aliphatic carbocycles. The maximum Gasteiger partial charge on any atom is 0.247 e. The van der Waals surface area contributed by atoms with E-state index in [2.05, 4.69) is 43.4 Å². The quantitative estimate of drug-likeness (QED) is 0.268. The number of methoxy groups -OCH3 is 1. The van der Waals surface area contributed by atoms with Gasteiger partial charge >= 0.3 is 0 Å². The summed E-state index contributed by atoms with van der Waals surface area (Å²) in [5, 5.41) is 12.4. The van der Waals surface area contributed by atoms with Crippen LogP contribution >= 0.6 is 27.7 Å². The van der Waals surface area contributed by atoms with Crippen molar-refractivity contribution >= 4 is 39.2 Å². The molecular formula is C22H21BrN4O3S. The van der Waals surface area contributed by atoms with Gasteiger partial charge in [-0.05, 0) is 48.9 Å². The van der Waals surface area contributed by atoms with Crippen molar-refractivity contribution in [3.05, 3.63) is 52.5 Å². The van der Waals surface area contributed by atoms with Crippen molar-refractivity contribution in [2.24, 2.45) is 0 Å². The number of fused-ring (bicyclic) bond motifs is 3. The summed E-state index contributed by atoms with van der Waals surface area (Å²) in [4.78, 5) is 17.8. The fourth-order valence-electron chi connectivity index (χ4n) is 3.06. The molecule has 31 heavy (non-hydrogen) atoms. The van der Waals surface area contributed by atoms with Crippen molar-refractivity contribution < 1.29 is 14.3 Å². The Labute approximate surface area is 193 Å². The lowest BCUT2D eigenvalue weighted by molar-refractivity contribution is 0.0823. The Kier molecular flexibility index (Phi) is 6.72. The molecule has 0 fully saturated rings. The minimum absolute atomic E-state index is 0.219. The predicted molar refractivity (Wildman–Crippen MR) is 124 cm³/mol. The first kappa shape index (κ1) is 21.6. The number of carbonyl (C=O) groups is 1. The number of halogens is 1. The Bertz CT molecular complexity index is 1090. The molecule has 1 N–H and O–H groups in total. The van der Waals surface area contributed by atoms with Crippen LogP contribution in [0.25, 0.3) is 11.3 Å². The molecule has 0 bridgehead atoms. The molecule has 2 heterocycles. The molecule has 0 radical (unpaired) electrons. The molecule has 1 aliphatic heterocycles. The fourth-order valence-corrected chi connectivity index (χ4v) is 4.29. The number of thioether (sulfide) groups is 1. The van der Waals surface area contributed by atoms with E-state index >= 15 is 0 Å². The van der Waals surface area contributed by atoms with E-state index in [9.17, 15) is 4.79 Å². The number of hydrogen-bond donors (Lipinski definition) is 1. The second-order valence-corrected chi connectivity index (χ2v) is 8.85. The Morgan fingerprint density at radius 1 is 1.23 bits per heavy atom. The van der Waals surface area contributed by atoms with E-state index in [1.807, 2.05) is 18.2 Å². The highest BCUT2D eigenvalue weighted by molar-refractivity contribution is 9.10. The number of ether oxygens (including phenoxy) is 2. The number of unbranched alkanes of at least 4 members (excludes halogenated alkanes) is 1. The van der Waals surface area contributed by atoms with Gasteiger partial charge in [0.05, 0.1) is 7.11 Å². The summed E-state index contributed by atoms with van der Waals surface area (Å²) in [5.41, 5.74) is 2.48. The van der Waals surface area contributed by atoms with Crippen LogP contribution in [-0.4, -0.2) is 40.1 Å². The number of aromatic nitrogens is 3. The summed E-state index contributed by atoms with van der Waals surface area (Å²) < 4.78 is 12.1. The van der Waals surface area contributed by atoms with Crippen molar-refractivity contribution in [1.82, 2.24) is 15.2 Å². The first-order chi connectivity index (χ1) is 15.1. The van der Waals surface area contributed by atoms with Gasteiger partial charge in [0.15, 0.2) is 5.69 Å². The van der Waals surface area contributed by atoms with E-state index < -0.39 is 6.23 Å². The molecule has 0 saturated carbocycles. The number of ketones is 1. The number of hydrogen-bond acceptors (Lipinski definition) is 8. The highest BCUT2D eigenvalue weighted by atomic mass is 79.9. The molecule has 1 aromatic heterocycles. The number of nitrogens with one attached hydrogen (secondary N) is 1. The molecule has 1 atom stereocenters. The zero-order valence-corrected chi connectivity index (χ0v) is 19.5. The molecule has 7 nitrogen and oxygen atoms in total. The lowest BCUT2D eigenvalue weighted by Crippen LogP contribution is -2.35. The zero-order valence-electron chi connectivity index (χ0n) is 17.1. The van der Waals surface area contributed by atoms with E-state index in [1.165, 1.54) is 11.8 Å². The van der Waals surface area contributed by atoms with Crippen LogP contribution in [0.15, 0.2) is 52.1 Å². The van der Waals surface area contributed by atoms with E-state index in [4.69, 9.17) is 9.47 Å². The second kappa shape index (κ2) is 9.65. The van der Waals surface area contributed by atoms with Gasteiger partial charge in [-0.15, -0.1) is 10.2 Å². The lowest BCUT2D eigenvalue weighted by Gasteiger charge is -2.18. The van der Waals surface area contributed by atoms with Crippen molar-refractivity contribution in [2.45, 2.75) is 31.1 Å². The molecule has 0 saturated heterocycles. The first-order valence-electron chi connectivity index (χ1n) is 9.88. The Morgan fingerprint density at radius 2 is 2.03 bits per heavy atom. The summed E-state index contributed by atoms with van der Waals surface area (Å²) in [7, 11) is 1.58. The van der Waals surface area contributed by atoms with Crippen molar-refractivity contribution in [1.29, 1.82) is 0 Å². The van der Waals surface area contributed by atoms with E-state index in [-0.39, 0.29) is 11.7 Å². The third-order valence-corrected chi connectivity index (χ3v) is 6.15. The van der Waals surface area contributed by atoms with E-state index in [1.54, 1.807) is 31.4 Å². The number of anilines is 1. The summed E-state index contributed by atoms with van der Waals surface area (Å²) in [5.74, 6) is 1.64. The molecule has 2 aromatic carbocycles. The van der Waals surface area contributed by atoms with Gasteiger partial charge in [0.1, 0.15) is 5.75 Å². The van der Waals surface area contributed by atoms with Crippen LogP contribution in [0.3, 0.4) is 0 Å². The van der Waals surface area contributed by atoms with Gasteiger partial charge in [-0.25, -0.2) is 0 Å². The second-order valence-electron chi connectivity index (χ2n) is 6.88. The smallest absolute Gasteiger partial charge is 0.247 e. The van der Waals surface area contributed by atoms with Crippen LogP contribution in [0, 0.1) is 0 Å². The third kappa shape index (κ3) is 4.83. The maximum absolute atomic E-state index is 13.2. The van der Waals surface area contributed by atoms with Crippen molar-refractivity contribution in [3.63, 3.8) is 0 Å². The maximum atomic E-state index is 13.2. The minimum Gasteiger partial charge on any atom is -0.497 e. The summed E-state index contributed by atoms with van der Waals surface area (Å²) in [6.07, 6.45) is 1.19. The SMILES string of the molecule is CCCCSc1nnc2c(n1)O[C@@H](C(=O)c1ccc(OC)cc1)Nc1ccc(Br)cc1-2. The Morgan fingerprint density at radius 3 is 2.77 bits per heavy atom. The third-order valence-electron chi connectivity index (χ3n) is 4.73. The highest BCUT2D eigenvalue weighted by Crippen LogP contribution is 2.38. The molecule has 0 amide bonds. The van der Waals surface area contributed by atoms with Crippen LogP contribution in [-0.2, 0) is 0 Å². The standard InChI is InChI=1S/C22H21BrN4O3S/c1-3-4-11-31-22-25-20-18(26-27-22)16-12-14(23)7-10-17(16)24-21(30-20)19(28)13-5-8-15(29-2)9-6-13/h5-10,12,21,24H,3-4,11H2,1-2H3/t21-/m0/s1. The summed E-state index contributed by atoms with van der Waals surface area (Å²) in [6, 6.07) is 12.6. The van der Waals surface area contributed by atoms with Gasteiger partial charge in [0.2, 0.25) is 23.0 Å². The minimum atomic E-state index is -0.959. The molecule has 3 aromatic rings. The Hall–Kier alpha value is -2.65. The number of nitrogens with zero attached hydrogens (tertiary/aromatic N) is 3. The molecule has 4 rings (SSSR count). The van der Waals surface area contributed by atoms with Crippen LogP contribution in [0.5, 0.6) is 11.6 Å². The lowest BCUT2D eigenvalue weighted by atomic mass is 10.1. The molecule has 1 aliphatic rings. The average Bonchev–Trinajstić information content (AvgIpc) is 2.95. The average molecular weight is 501 g/mol. The van der Waals surface area contributed by atoms with Crippen LogP contribution in [0.4, 0.5) is 5.69 Å². The van der Waals surface area contributed by atoms with E-state index in [0.717, 1.165) is 34.3 Å². The van der Waals surface area contributed by atoms with Gasteiger partial charge in [-0.1, -0.05) is 41.0 Å². The number of benzene rings is 2. The number of rotatable bonds is 7. The summed E-state index contributed by atoms with van der Waals surface area (Å²) in [6.45, 7) is 2.13. The van der Waals surface area contributed by atoms with E-state index in [0.29, 0.717) is 22.2 Å². The summed E-state index contributed by atoms with van der Waals surface area (Å²) >= 11 is 5.02. The molecule has 160 valence electrons. The van der Waals surface area contributed by atoms with Crippen molar-refractivity contribution in [3.8, 4) is 22.9 Å². The molecule has 0 spiro atoms. The van der Waals surface area contributed by atoms with Crippen LogP contribution < -0.4 is 14.8 Å². The Balaban J connectivity index is 1.71. The van der Waals surface area contributed by atoms with Gasteiger partial charge in [-0.3, -0.25) is 4.79 Å². The van der Waals surface area contributed by atoms with Crippen LogP contribution in [0.1, 0.15) is 30.1 Å². The van der Waals surface area contributed by atoms with Gasteiger partial charge in [-0.2, -0.15) is 4.98 Å². The largest absolute Gasteiger partial charge is 0.497 e. The normalized spacial score (nSPS) is 14.5. The molecular weight excluding hydrogens is 480 g/mol. The number of Topliss-reactive ketones (excluding diaryl/α,β-unsaturated/α-hetero) is 1. The fraction of sp³-hybridized carbons (Fsp3) is 0.273. The topological polar surface area (TPSA) is 86.2 Å². The van der Waals surface area contributed by atoms with Crippen LogP contribution in [0.2, 0.25) is 0 Å². The zero-order chi connectivity index (χ0) is 21.8. The highest BCUT2D eigenvalue weighted by Gasteiger charge is 2.30. The first-order valence-corrected chi connectivity index (χ1v) is 11.7. The monoisotopic (exact) mass is 500 g/mol. The van der Waals surface area contributed by atoms with Gasteiger partial charge in [0.25, 0.3) is 0 Å². The van der Waals surface area contributed by atoms with Crippen molar-refractivity contribution in [2.75, 3.05) is 18.2 Å². The van der Waals surface area contributed by atoms with Gasteiger partial charge in [0, 0.05) is 27.0 Å². The number of carbonyl (C=O) groups excluding carboxylic acids is 1. The predicted octanol–water partition coefficient (Wildman–Crippen LogP) is 5.22.